The number of nitrogens with one attached hydrogen (secondary N) is 1. The number of imide groups is 1. The smallest absolute Gasteiger partial charge is 0.324 e. The number of hydrogen-bond donors (Lipinski definition) is 2. The molecule has 0 aromatic rings. The van der Waals surface area contributed by atoms with E-state index in [4.69, 9.17) is 5.11 Å². The van der Waals surface area contributed by atoms with Gasteiger partial charge in [-0.1, -0.05) is 20.8 Å². The zero-order chi connectivity index (χ0) is 15.3. The van der Waals surface area contributed by atoms with Crippen molar-refractivity contribution in [3.05, 3.63) is 0 Å². The Kier molecular flexibility index (Phi) is 5.53. The van der Waals surface area contributed by atoms with Crippen LogP contribution in [0, 0.1) is 11.3 Å². The maximum Gasteiger partial charge on any atom is 0.324 e. The number of amides is 3. The molecule has 20 heavy (non-hydrogen) atoms. The van der Waals surface area contributed by atoms with E-state index < -0.39 is 11.9 Å². The highest BCUT2D eigenvalue weighted by Gasteiger charge is 2.28. The summed E-state index contributed by atoms with van der Waals surface area (Å²) in [4.78, 5) is 35.7. The largest absolute Gasteiger partial charge is 0.481 e. The second-order valence-electron chi connectivity index (χ2n) is 6.41. The number of rotatable bonds is 4. The number of carboxylic acids is 1. The quantitative estimate of drug-likeness (QED) is 0.824. The van der Waals surface area contributed by atoms with Gasteiger partial charge in [-0.3, -0.25) is 14.9 Å². The van der Waals surface area contributed by atoms with Gasteiger partial charge in [-0.25, -0.2) is 4.79 Å². The molecule has 1 heterocycles. The molecule has 6 nitrogen and oxygen atoms in total. The van der Waals surface area contributed by atoms with Crippen molar-refractivity contribution in [2.75, 3.05) is 13.1 Å². The molecule has 0 aromatic carbocycles. The fourth-order valence-electron chi connectivity index (χ4n) is 2.25. The number of carbonyl (C=O) groups is 3. The van der Waals surface area contributed by atoms with E-state index >= 15 is 0 Å². The van der Waals surface area contributed by atoms with Crippen LogP contribution in [0.3, 0.4) is 0 Å². The van der Waals surface area contributed by atoms with Gasteiger partial charge in [0.2, 0.25) is 5.91 Å². The molecular formula is C14H24N2O4. The van der Waals surface area contributed by atoms with Gasteiger partial charge < -0.3 is 10.0 Å². The number of likely N-dealkylation sites (tertiary alicyclic amines) is 1. The standard InChI is InChI=1S/C14H24N2O4/c1-10(9-12(18)19)8-11(17)15-13(20)16-6-4-14(2,3)5-7-16/h10H,4-9H2,1-3H3,(H,18,19)(H,15,17,20). The van der Waals surface area contributed by atoms with E-state index in [1.54, 1.807) is 11.8 Å². The molecule has 0 saturated carbocycles. The predicted octanol–water partition coefficient (Wildman–Crippen LogP) is 1.85. The molecule has 3 amide bonds. The Morgan fingerprint density at radius 2 is 1.75 bits per heavy atom. The van der Waals surface area contributed by atoms with Crippen LogP contribution in [0.1, 0.15) is 46.5 Å². The summed E-state index contributed by atoms with van der Waals surface area (Å²) in [5, 5.41) is 11.0. The number of hydrogen-bond acceptors (Lipinski definition) is 3. The fourth-order valence-corrected chi connectivity index (χ4v) is 2.25. The molecular weight excluding hydrogens is 260 g/mol. The number of aliphatic carboxylic acids is 1. The maximum absolute atomic E-state index is 11.9. The van der Waals surface area contributed by atoms with Crippen molar-refractivity contribution >= 4 is 17.9 Å². The van der Waals surface area contributed by atoms with E-state index in [0.29, 0.717) is 13.1 Å². The Labute approximate surface area is 119 Å². The lowest BCUT2D eigenvalue weighted by molar-refractivity contribution is -0.138. The van der Waals surface area contributed by atoms with Gasteiger partial charge >= 0.3 is 12.0 Å². The molecule has 0 radical (unpaired) electrons. The van der Waals surface area contributed by atoms with Gasteiger partial charge in [0, 0.05) is 25.9 Å². The molecule has 0 aliphatic carbocycles. The zero-order valence-electron chi connectivity index (χ0n) is 12.4. The van der Waals surface area contributed by atoms with Crippen molar-refractivity contribution in [2.45, 2.75) is 46.5 Å². The number of nitrogens with zero attached hydrogens (tertiary/aromatic N) is 1. The topological polar surface area (TPSA) is 86.7 Å². The summed E-state index contributed by atoms with van der Waals surface area (Å²) in [7, 11) is 0. The van der Waals surface area contributed by atoms with Crippen LogP contribution in [-0.4, -0.2) is 41.0 Å². The van der Waals surface area contributed by atoms with Crippen LogP contribution in [0.5, 0.6) is 0 Å². The summed E-state index contributed by atoms with van der Waals surface area (Å²) in [6, 6.07) is -0.368. The molecule has 1 rings (SSSR count). The zero-order valence-corrected chi connectivity index (χ0v) is 12.4. The summed E-state index contributed by atoms with van der Waals surface area (Å²) >= 11 is 0. The molecule has 114 valence electrons. The Morgan fingerprint density at radius 3 is 2.25 bits per heavy atom. The molecule has 0 aromatic heterocycles. The monoisotopic (exact) mass is 284 g/mol. The number of carboxylic acid groups (broad SMARTS) is 1. The normalized spacial score (nSPS) is 19.2. The van der Waals surface area contributed by atoms with Crippen molar-refractivity contribution in [1.82, 2.24) is 10.2 Å². The molecule has 2 N–H and O–H groups in total. The third-order valence-corrected chi connectivity index (χ3v) is 3.71. The van der Waals surface area contributed by atoms with Crippen LogP contribution in [-0.2, 0) is 9.59 Å². The van der Waals surface area contributed by atoms with E-state index in [-0.39, 0.29) is 30.2 Å². The van der Waals surface area contributed by atoms with Crippen LogP contribution < -0.4 is 5.32 Å². The van der Waals surface area contributed by atoms with E-state index in [1.807, 2.05) is 0 Å². The van der Waals surface area contributed by atoms with Crippen LogP contribution in [0.4, 0.5) is 4.79 Å². The summed E-state index contributed by atoms with van der Waals surface area (Å²) in [5.41, 5.74) is 0.247. The second kappa shape index (κ2) is 6.72. The Morgan fingerprint density at radius 1 is 1.20 bits per heavy atom. The second-order valence-corrected chi connectivity index (χ2v) is 6.41. The molecule has 0 spiro atoms. The predicted molar refractivity (Wildman–Crippen MR) is 74.2 cm³/mol. The minimum atomic E-state index is -0.935. The average Bonchev–Trinajstić information content (AvgIpc) is 2.26. The highest BCUT2D eigenvalue weighted by atomic mass is 16.4. The van der Waals surface area contributed by atoms with Crippen molar-refractivity contribution in [3.8, 4) is 0 Å². The van der Waals surface area contributed by atoms with Crippen LogP contribution in [0.2, 0.25) is 0 Å². The van der Waals surface area contributed by atoms with E-state index in [2.05, 4.69) is 19.2 Å². The third-order valence-electron chi connectivity index (χ3n) is 3.71. The first-order chi connectivity index (χ1) is 9.19. The third kappa shape index (κ3) is 5.59. The van der Waals surface area contributed by atoms with Crippen LogP contribution >= 0.6 is 0 Å². The number of piperidine rings is 1. The SMILES string of the molecule is CC(CC(=O)O)CC(=O)NC(=O)N1CCC(C)(C)CC1. The van der Waals surface area contributed by atoms with E-state index in [1.165, 1.54) is 0 Å². The van der Waals surface area contributed by atoms with Gasteiger partial charge in [-0.05, 0) is 24.2 Å². The minimum Gasteiger partial charge on any atom is -0.481 e. The molecule has 1 atom stereocenters. The molecule has 1 aliphatic rings. The van der Waals surface area contributed by atoms with Crippen LogP contribution in [0.25, 0.3) is 0 Å². The summed E-state index contributed by atoms with van der Waals surface area (Å²) in [6.45, 7) is 7.32. The number of urea groups is 1. The first-order valence-electron chi connectivity index (χ1n) is 7.00. The molecule has 6 heteroatoms. The van der Waals surface area contributed by atoms with Crippen molar-refractivity contribution < 1.29 is 19.5 Å². The van der Waals surface area contributed by atoms with Gasteiger partial charge in [0.1, 0.15) is 0 Å². The van der Waals surface area contributed by atoms with E-state index in [9.17, 15) is 14.4 Å². The van der Waals surface area contributed by atoms with Gasteiger partial charge in [0.05, 0.1) is 0 Å². The van der Waals surface area contributed by atoms with E-state index in [0.717, 1.165) is 12.8 Å². The van der Waals surface area contributed by atoms with Gasteiger partial charge in [-0.2, -0.15) is 0 Å². The molecule has 0 bridgehead atoms. The Hall–Kier alpha value is -1.59. The highest BCUT2D eigenvalue weighted by molar-refractivity contribution is 5.94. The van der Waals surface area contributed by atoms with Crippen molar-refractivity contribution in [2.24, 2.45) is 11.3 Å². The molecule has 1 fully saturated rings. The summed E-state index contributed by atoms with van der Waals surface area (Å²) in [5.74, 6) is -1.62. The van der Waals surface area contributed by atoms with Gasteiger partial charge in [0.25, 0.3) is 0 Å². The average molecular weight is 284 g/mol. The van der Waals surface area contributed by atoms with Gasteiger partial charge in [0.15, 0.2) is 0 Å². The first-order valence-corrected chi connectivity index (χ1v) is 7.00. The lowest BCUT2D eigenvalue weighted by atomic mass is 9.83. The molecule has 1 saturated heterocycles. The number of carbonyl (C=O) groups excluding carboxylic acids is 2. The summed E-state index contributed by atoms with van der Waals surface area (Å²) in [6.07, 6.45) is 1.82. The fraction of sp³-hybridized carbons (Fsp3) is 0.786. The highest BCUT2D eigenvalue weighted by Crippen LogP contribution is 2.29. The molecule has 1 aliphatic heterocycles. The maximum atomic E-state index is 11.9. The Bertz CT molecular complexity index is 383. The Balaban J connectivity index is 2.35. The minimum absolute atomic E-state index is 0.0529. The van der Waals surface area contributed by atoms with Crippen molar-refractivity contribution in [3.63, 3.8) is 0 Å². The first kappa shape index (κ1) is 16.5. The lowest BCUT2D eigenvalue weighted by Crippen LogP contribution is -2.48. The summed E-state index contributed by atoms with van der Waals surface area (Å²) < 4.78 is 0. The molecule has 1 unspecified atom stereocenters. The lowest BCUT2D eigenvalue weighted by Gasteiger charge is -2.36. The van der Waals surface area contributed by atoms with Crippen molar-refractivity contribution in [1.29, 1.82) is 0 Å². The van der Waals surface area contributed by atoms with Gasteiger partial charge in [-0.15, -0.1) is 0 Å². The van der Waals surface area contributed by atoms with Crippen LogP contribution in [0.15, 0.2) is 0 Å².